The average molecular weight is 732 g/mol. The molecule has 0 radical (unpaired) electrons. The third-order valence-corrected chi connectivity index (χ3v) is 11.2. The number of nitrogens with one attached hydrogen (secondary N) is 2. The maximum atomic E-state index is 13.3. The Morgan fingerprint density at radius 1 is 0.833 bits per heavy atom. The number of fused-ring (bicyclic) bond motifs is 7. The molecule has 0 spiro atoms. The highest BCUT2D eigenvalue weighted by Crippen LogP contribution is 2.51. The number of aromatic amines is 2. The van der Waals surface area contributed by atoms with Crippen LogP contribution in [-0.4, -0.2) is 70.3 Å². The summed E-state index contributed by atoms with van der Waals surface area (Å²) in [7, 11) is 0. The Hall–Kier alpha value is -5.26. The molecular weight excluding hydrogens is 683 g/mol. The molecule has 9 rings (SSSR count). The Balaban J connectivity index is 0.969. The lowest BCUT2D eigenvalue weighted by Crippen LogP contribution is -2.43. The molecule has 3 fully saturated rings. The van der Waals surface area contributed by atoms with E-state index in [4.69, 9.17) is 24.2 Å². The summed E-state index contributed by atoms with van der Waals surface area (Å²) in [6, 6.07) is 14.9. The summed E-state index contributed by atoms with van der Waals surface area (Å²) in [5.41, 5.74) is 5.87. The standard InChI is InChI=1S/C42H49N7O5/c1-23-48-32-15-12-24(30-21-43-37(45-30)33-9-8-16-47(33)39(50)53-41(2,3)4)17-27(32)19-34(48)29-14-11-25(20-35(29)52-23)31-22-44-38(46-31)36-26-10-13-28(18-26)49(36)40(51)54-42(5,6)7/h11-12,14-15,17,19-23,26,28,33,36H,8-10,13,16,18H2,1-7H3,(H,43,45)(H,44,46). The zero-order valence-electron chi connectivity index (χ0n) is 32.1. The number of imidazole rings is 2. The molecule has 1 saturated carbocycles. The first-order valence-corrected chi connectivity index (χ1v) is 19.3. The molecule has 5 aromatic rings. The van der Waals surface area contributed by atoms with Crippen LogP contribution in [0.5, 0.6) is 5.75 Å². The fourth-order valence-corrected chi connectivity index (χ4v) is 9.03. The lowest BCUT2D eigenvalue weighted by molar-refractivity contribution is 0.00613. The fourth-order valence-electron chi connectivity index (χ4n) is 9.03. The zero-order valence-corrected chi connectivity index (χ0v) is 32.1. The third-order valence-electron chi connectivity index (χ3n) is 11.2. The van der Waals surface area contributed by atoms with Gasteiger partial charge in [0.1, 0.15) is 28.6 Å². The van der Waals surface area contributed by atoms with Gasteiger partial charge >= 0.3 is 12.2 Å². The van der Waals surface area contributed by atoms with Crippen LogP contribution >= 0.6 is 0 Å². The molecule has 2 saturated heterocycles. The molecule has 2 amide bonds. The van der Waals surface area contributed by atoms with E-state index in [1.165, 1.54) is 0 Å². The Bertz CT molecular complexity index is 2270. The fraction of sp³-hybridized carbons (Fsp3) is 0.476. The molecule has 2 aromatic carbocycles. The maximum absolute atomic E-state index is 13.3. The van der Waals surface area contributed by atoms with Gasteiger partial charge in [-0.1, -0.05) is 12.1 Å². The van der Waals surface area contributed by atoms with E-state index < -0.39 is 11.2 Å². The number of hydrogen-bond acceptors (Lipinski definition) is 7. The molecule has 2 N–H and O–H groups in total. The van der Waals surface area contributed by atoms with Crippen molar-refractivity contribution >= 4 is 23.1 Å². The smallest absolute Gasteiger partial charge is 0.411 e. The Morgan fingerprint density at radius 2 is 1.52 bits per heavy atom. The summed E-state index contributed by atoms with van der Waals surface area (Å²) in [5, 5.41) is 1.10. The summed E-state index contributed by atoms with van der Waals surface area (Å²) in [6.45, 7) is 14.1. The predicted molar refractivity (Wildman–Crippen MR) is 205 cm³/mol. The normalized spacial score (nSPS) is 23.4. The van der Waals surface area contributed by atoms with Gasteiger partial charge in [0.25, 0.3) is 0 Å². The SMILES string of the molecule is CC1Oc2cc(-c3cnc(C4C5CCC(C5)N4C(=O)OC(C)(C)C)[nH]3)ccc2-c2cc3cc(-c4cnc(C5CCCN5C(=O)OC(C)(C)C)[nH]4)ccc3n21. The minimum atomic E-state index is -0.556. The van der Waals surface area contributed by atoms with Crippen LogP contribution in [-0.2, 0) is 9.47 Å². The van der Waals surface area contributed by atoms with Crippen LogP contribution in [0.4, 0.5) is 9.59 Å². The van der Waals surface area contributed by atoms with Crippen LogP contribution in [0.2, 0.25) is 0 Å². The Morgan fingerprint density at radius 3 is 2.28 bits per heavy atom. The summed E-state index contributed by atoms with van der Waals surface area (Å²) >= 11 is 0. The first kappa shape index (κ1) is 34.5. The van der Waals surface area contributed by atoms with Crippen LogP contribution in [0.3, 0.4) is 0 Å². The van der Waals surface area contributed by atoms with Crippen molar-refractivity contribution < 1.29 is 23.8 Å². The molecule has 1 aliphatic carbocycles. The number of H-pyrrole nitrogens is 2. The molecular formula is C42H49N7O5. The number of amides is 2. The summed E-state index contributed by atoms with van der Waals surface area (Å²) in [6.07, 6.45) is 7.76. The van der Waals surface area contributed by atoms with E-state index >= 15 is 0 Å². The average Bonchev–Trinajstić information content (AvgIpc) is 3.95. The van der Waals surface area contributed by atoms with Crippen LogP contribution in [0.15, 0.2) is 54.9 Å². The summed E-state index contributed by atoms with van der Waals surface area (Å²) in [4.78, 5) is 46.6. The van der Waals surface area contributed by atoms with E-state index in [9.17, 15) is 9.59 Å². The van der Waals surface area contributed by atoms with Crippen molar-refractivity contribution in [3.63, 3.8) is 0 Å². The van der Waals surface area contributed by atoms with Gasteiger partial charge < -0.3 is 28.7 Å². The van der Waals surface area contributed by atoms with E-state index in [0.29, 0.717) is 12.5 Å². The maximum Gasteiger partial charge on any atom is 0.411 e. The molecule has 54 heavy (non-hydrogen) atoms. The second-order valence-electron chi connectivity index (χ2n) is 17.4. The van der Waals surface area contributed by atoms with E-state index in [1.54, 1.807) is 4.90 Å². The second-order valence-corrected chi connectivity index (χ2v) is 17.4. The van der Waals surface area contributed by atoms with E-state index in [2.05, 4.69) is 63.9 Å². The molecule has 4 aliphatic rings. The monoisotopic (exact) mass is 731 g/mol. The number of ether oxygens (including phenoxy) is 3. The number of nitrogens with zero attached hydrogens (tertiary/aromatic N) is 5. The largest absolute Gasteiger partial charge is 0.470 e. The number of rotatable bonds is 4. The third kappa shape index (κ3) is 5.99. The molecule has 3 aromatic heterocycles. The van der Waals surface area contributed by atoms with Crippen LogP contribution in [0, 0.1) is 5.92 Å². The highest BCUT2D eigenvalue weighted by atomic mass is 16.6. The van der Waals surface area contributed by atoms with Gasteiger partial charge in [-0.2, -0.15) is 0 Å². The van der Waals surface area contributed by atoms with Gasteiger partial charge in [-0.25, -0.2) is 19.6 Å². The van der Waals surface area contributed by atoms with Gasteiger partial charge in [0.15, 0.2) is 6.23 Å². The van der Waals surface area contributed by atoms with Crippen molar-refractivity contribution in [2.45, 2.75) is 116 Å². The number of hydrogen-bond donors (Lipinski definition) is 2. The predicted octanol–water partition coefficient (Wildman–Crippen LogP) is 9.53. The number of piperidine rings is 1. The second kappa shape index (κ2) is 12.4. The van der Waals surface area contributed by atoms with Crippen LogP contribution in [0.1, 0.15) is 111 Å². The van der Waals surface area contributed by atoms with Gasteiger partial charge in [0.05, 0.1) is 47.1 Å². The van der Waals surface area contributed by atoms with Crippen molar-refractivity contribution in [3.8, 4) is 39.5 Å². The van der Waals surface area contributed by atoms with Crippen molar-refractivity contribution in [3.05, 3.63) is 66.5 Å². The van der Waals surface area contributed by atoms with Crippen molar-refractivity contribution in [2.24, 2.45) is 5.92 Å². The number of carbonyl (C=O) groups excluding carboxylic acids is 2. The van der Waals surface area contributed by atoms with Crippen molar-refractivity contribution in [1.29, 1.82) is 0 Å². The molecule has 2 bridgehead atoms. The molecule has 6 heterocycles. The number of likely N-dealkylation sites (tertiary alicyclic amines) is 2. The molecule has 5 unspecified atom stereocenters. The molecule has 3 aliphatic heterocycles. The molecule has 5 atom stereocenters. The number of benzene rings is 2. The topological polar surface area (TPSA) is 131 Å². The number of carbonyl (C=O) groups is 2. The quantitative estimate of drug-likeness (QED) is 0.188. The summed E-state index contributed by atoms with van der Waals surface area (Å²) < 4.78 is 20.3. The van der Waals surface area contributed by atoms with Crippen LogP contribution < -0.4 is 4.74 Å². The van der Waals surface area contributed by atoms with Gasteiger partial charge in [-0.05, 0) is 117 Å². The van der Waals surface area contributed by atoms with Gasteiger partial charge in [-0.3, -0.25) is 9.80 Å². The highest BCUT2D eigenvalue weighted by Gasteiger charge is 2.51. The Labute approximate surface area is 315 Å². The minimum absolute atomic E-state index is 0.121. The van der Waals surface area contributed by atoms with Crippen LogP contribution in [0.25, 0.3) is 44.7 Å². The van der Waals surface area contributed by atoms with Gasteiger partial charge in [0, 0.05) is 34.7 Å². The van der Waals surface area contributed by atoms with E-state index in [-0.39, 0.29) is 36.5 Å². The Kier molecular flexibility index (Phi) is 7.92. The minimum Gasteiger partial charge on any atom is -0.470 e. The lowest BCUT2D eigenvalue weighted by Gasteiger charge is -2.35. The lowest BCUT2D eigenvalue weighted by atomic mass is 9.98. The molecule has 12 heteroatoms. The van der Waals surface area contributed by atoms with Gasteiger partial charge in [0.2, 0.25) is 0 Å². The first-order chi connectivity index (χ1) is 25.7. The first-order valence-electron chi connectivity index (χ1n) is 19.3. The zero-order chi connectivity index (χ0) is 37.7. The van der Waals surface area contributed by atoms with E-state index in [1.807, 2.05) is 58.8 Å². The highest BCUT2D eigenvalue weighted by molar-refractivity contribution is 5.92. The van der Waals surface area contributed by atoms with Crippen molar-refractivity contribution in [1.82, 2.24) is 34.3 Å². The molecule has 282 valence electrons. The van der Waals surface area contributed by atoms with E-state index in [0.717, 1.165) is 94.2 Å². The number of aromatic nitrogens is 5. The molecule has 12 nitrogen and oxygen atoms in total. The summed E-state index contributed by atoms with van der Waals surface area (Å²) in [5.74, 6) is 2.76. The van der Waals surface area contributed by atoms with Crippen molar-refractivity contribution in [2.75, 3.05) is 6.54 Å². The van der Waals surface area contributed by atoms with Gasteiger partial charge in [-0.15, -0.1) is 0 Å².